The van der Waals surface area contributed by atoms with E-state index in [1.165, 1.54) is 18.2 Å². The Hall–Kier alpha value is -1.94. The van der Waals surface area contributed by atoms with E-state index >= 15 is 0 Å². The fourth-order valence-electron chi connectivity index (χ4n) is 1.59. The Balaban J connectivity index is 2.50. The molecular formula is C13H10F2O2. The fraction of sp³-hybridized carbons (Fsp3) is 0.0769. The Morgan fingerprint density at radius 1 is 1.00 bits per heavy atom. The van der Waals surface area contributed by atoms with Crippen LogP contribution in [0.15, 0.2) is 36.4 Å². The maximum Gasteiger partial charge on any atom is 0.133 e. The second kappa shape index (κ2) is 4.51. The van der Waals surface area contributed by atoms with Gasteiger partial charge in [0.25, 0.3) is 0 Å². The molecule has 2 aromatic carbocycles. The van der Waals surface area contributed by atoms with Gasteiger partial charge in [0.15, 0.2) is 0 Å². The number of phenols is 1. The summed E-state index contributed by atoms with van der Waals surface area (Å²) in [5.41, 5.74) is 0.986. The summed E-state index contributed by atoms with van der Waals surface area (Å²) in [5, 5.41) is 18.4. The predicted octanol–water partition coefficient (Wildman–Crippen LogP) is 2.83. The number of rotatable bonds is 2. The maximum absolute atomic E-state index is 13.5. The molecule has 0 bridgehead atoms. The number of benzene rings is 2. The van der Waals surface area contributed by atoms with Crippen molar-refractivity contribution in [1.29, 1.82) is 0 Å². The molecule has 2 aromatic rings. The highest BCUT2D eigenvalue weighted by Gasteiger charge is 2.08. The van der Waals surface area contributed by atoms with Crippen LogP contribution in [0.3, 0.4) is 0 Å². The first-order chi connectivity index (χ1) is 8.11. The number of aliphatic hydroxyl groups is 1. The van der Waals surface area contributed by atoms with Gasteiger partial charge < -0.3 is 10.2 Å². The molecule has 0 fully saturated rings. The standard InChI is InChI=1S/C13H10F2O2/c14-10-3-4-11(12(15)6-10)8-1-2-9(7-16)13(17)5-8/h1-6,16-17H,7H2. The number of hydrogen-bond acceptors (Lipinski definition) is 2. The SMILES string of the molecule is OCc1ccc(-c2ccc(F)cc2F)cc1O. The van der Waals surface area contributed by atoms with E-state index in [4.69, 9.17) is 5.11 Å². The number of aliphatic hydroxyl groups excluding tert-OH is 1. The maximum atomic E-state index is 13.5. The van der Waals surface area contributed by atoms with Crippen molar-refractivity contribution >= 4 is 0 Å². The third-order valence-corrected chi connectivity index (χ3v) is 2.50. The van der Waals surface area contributed by atoms with Gasteiger partial charge >= 0.3 is 0 Å². The van der Waals surface area contributed by atoms with Gasteiger partial charge in [-0.25, -0.2) is 8.78 Å². The minimum Gasteiger partial charge on any atom is -0.508 e. The van der Waals surface area contributed by atoms with Crippen LogP contribution in [0.1, 0.15) is 5.56 Å². The van der Waals surface area contributed by atoms with Gasteiger partial charge in [-0.1, -0.05) is 12.1 Å². The Kier molecular flexibility index (Phi) is 3.06. The van der Waals surface area contributed by atoms with Crippen LogP contribution in [0.25, 0.3) is 11.1 Å². The van der Waals surface area contributed by atoms with Crippen molar-refractivity contribution in [2.75, 3.05) is 0 Å². The van der Waals surface area contributed by atoms with E-state index < -0.39 is 11.6 Å². The lowest BCUT2D eigenvalue weighted by molar-refractivity contribution is 0.275. The molecule has 0 aliphatic carbocycles. The van der Waals surface area contributed by atoms with Gasteiger partial charge in [0.2, 0.25) is 0 Å². The summed E-state index contributed by atoms with van der Waals surface area (Å²) in [5.74, 6) is -1.46. The molecule has 0 aromatic heterocycles. The van der Waals surface area contributed by atoms with Crippen molar-refractivity contribution in [1.82, 2.24) is 0 Å². The molecule has 2 N–H and O–H groups in total. The van der Waals surface area contributed by atoms with Crippen molar-refractivity contribution in [2.24, 2.45) is 0 Å². The van der Waals surface area contributed by atoms with Crippen molar-refractivity contribution in [2.45, 2.75) is 6.61 Å². The van der Waals surface area contributed by atoms with Gasteiger partial charge in [0.05, 0.1) is 6.61 Å². The minimum atomic E-state index is -0.693. The molecule has 0 amide bonds. The monoisotopic (exact) mass is 236 g/mol. The number of hydrogen-bond donors (Lipinski definition) is 2. The largest absolute Gasteiger partial charge is 0.508 e. The second-order valence-corrected chi connectivity index (χ2v) is 3.63. The lowest BCUT2D eigenvalue weighted by Crippen LogP contribution is -1.89. The summed E-state index contributed by atoms with van der Waals surface area (Å²) in [6.45, 7) is -0.294. The lowest BCUT2D eigenvalue weighted by atomic mass is 10.0. The van der Waals surface area contributed by atoms with Crippen LogP contribution < -0.4 is 0 Å². The van der Waals surface area contributed by atoms with Crippen LogP contribution >= 0.6 is 0 Å². The van der Waals surface area contributed by atoms with Crippen LogP contribution in [0.5, 0.6) is 5.75 Å². The van der Waals surface area contributed by atoms with E-state index in [2.05, 4.69) is 0 Å². The molecule has 0 aliphatic rings. The highest BCUT2D eigenvalue weighted by atomic mass is 19.1. The Bertz CT molecular complexity index is 553. The Morgan fingerprint density at radius 2 is 1.76 bits per heavy atom. The molecule has 0 unspecified atom stereocenters. The fourth-order valence-corrected chi connectivity index (χ4v) is 1.59. The third-order valence-electron chi connectivity index (χ3n) is 2.50. The van der Waals surface area contributed by atoms with E-state index in [9.17, 15) is 13.9 Å². The molecule has 88 valence electrons. The average Bonchev–Trinajstić information content (AvgIpc) is 2.29. The summed E-state index contributed by atoms with van der Waals surface area (Å²) >= 11 is 0. The summed E-state index contributed by atoms with van der Waals surface area (Å²) in [7, 11) is 0. The molecule has 0 atom stereocenters. The minimum absolute atomic E-state index is 0.117. The summed E-state index contributed by atoms with van der Waals surface area (Å²) in [6.07, 6.45) is 0. The first-order valence-corrected chi connectivity index (χ1v) is 5.00. The van der Waals surface area contributed by atoms with E-state index in [-0.39, 0.29) is 17.9 Å². The molecule has 17 heavy (non-hydrogen) atoms. The third kappa shape index (κ3) is 2.26. The zero-order valence-corrected chi connectivity index (χ0v) is 8.82. The summed E-state index contributed by atoms with van der Waals surface area (Å²) in [4.78, 5) is 0. The van der Waals surface area contributed by atoms with Crippen LogP contribution in [-0.4, -0.2) is 10.2 Å². The molecule has 2 rings (SSSR count). The van der Waals surface area contributed by atoms with Crippen molar-refractivity contribution in [3.8, 4) is 16.9 Å². The topological polar surface area (TPSA) is 40.5 Å². The summed E-state index contributed by atoms with van der Waals surface area (Å²) < 4.78 is 26.2. The number of aromatic hydroxyl groups is 1. The zero-order valence-electron chi connectivity index (χ0n) is 8.82. The lowest BCUT2D eigenvalue weighted by Gasteiger charge is -2.06. The van der Waals surface area contributed by atoms with E-state index in [0.29, 0.717) is 11.1 Å². The van der Waals surface area contributed by atoms with E-state index in [0.717, 1.165) is 12.1 Å². The Morgan fingerprint density at radius 3 is 2.35 bits per heavy atom. The van der Waals surface area contributed by atoms with Gasteiger partial charge in [-0.2, -0.15) is 0 Å². The molecule has 2 nitrogen and oxygen atoms in total. The van der Waals surface area contributed by atoms with Gasteiger partial charge in [-0.05, 0) is 23.8 Å². The normalized spacial score (nSPS) is 10.5. The van der Waals surface area contributed by atoms with Gasteiger partial charge in [0, 0.05) is 17.2 Å². The van der Waals surface area contributed by atoms with Crippen LogP contribution in [0, 0.1) is 11.6 Å². The molecule has 0 saturated carbocycles. The van der Waals surface area contributed by atoms with Crippen LogP contribution in [0.4, 0.5) is 8.78 Å². The van der Waals surface area contributed by atoms with Crippen LogP contribution in [-0.2, 0) is 6.61 Å². The molecule has 0 saturated heterocycles. The van der Waals surface area contributed by atoms with Crippen molar-refractivity contribution in [3.63, 3.8) is 0 Å². The molecule has 0 radical (unpaired) electrons. The van der Waals surface area contributed by atoms with Gasteiger partial charge in [0.1, 0.15) is 17.4 Å². The predicted molar refractivity (Wildman–Crippen MR) is 59.4 cm³/mol. The second-order valence-electron chi connectivity index (χ2n) is 3.63. The van der Waals surface area contributed by atoms with Gasteiger partial charge in [-0.15, -0.1) is 0 Å². The van der Waals surface area contributed by atoms with E-state index in [1.807, 2.05) is 0 Å². The van der Waals surface area contributed by atoms with Crippen molar-refractivity contribution < 1.29 is 19.0 Å². The average molecular weight is 236 g/mol. The van der Waals surface area contributed by atoms with E-state index in [1.54, 1.807) is 6.07 Å². The first kappa shape index (κ1) is 11.5. The molecular weight excluding hydrogens is 226 g/mol. The molecule has 0 spiro atoms. The quantitative estimate of drug-likeness (QED) is 0.841. The molecule has 4 heteroatoms. The molecule has 0 heterocycles. The Labute approximate surface area is 96.8 Å². The van der Waals surface area contributed by atoms with Gasteiger partial charge in [-0.3, -0.25) is 0 Å². The summed E-state index contributed by atoms with van der Waals surface area (Å²) in [6, 6.07) is 7.62. The van der Waals surface area contributed by atoms with Crippen molar-refractivity contribution in [3.05, 3.63) is 53.6 Å². The number of halogens is 2. The highest BCUT2D eigenvalue weighted by molar-refractivity contribution is 5.66. The van der Waals surface area contributed by atoms with Crippen LogP contribution in [0.2, 0.25) is 0 Å². The molecule has 0 aliphatic heterocycles. The smallest absolute Gasteiger partial charge is 0.133 e. The first-order valence-electron chi connectivity index (χ1n) is 5.00. The highest BCUT2D eigenvalue weighted by Crippen LogP contribution is 2.28. The zero-order chi connectivity index (χ0) is 12.4.